The quantitative estimate of drug-likeness (QED) is 0.844. The summed E-state index contributed by atoms with van der Waals surface area (Å²) in [7, 11) is 1.81. The number of ether oxygens (including phenoxy) is 1. The highest BCUT2D eigenvalue weighted by molar-refractivity contribution is 6.42. The lowest BCUT2D eigenvalue weighted by molar-refractivity contribution is 0.100. The zero-order valence-electron chi connectivity index (χ0n) is 12.8. The molecular weight excluding hydrogens is 323 g/mol. The van der Waals surface area contributed by atoms with E-state index in [4.69, 9.17) is 27.9 Å². The number of urea groups is 1. The summed E-state index contributed by atoms with van der Waals surface area (Å²) in [6, 6.07) is 5.27. The third kappa shape index (κ3) is 5.34. The Hall–Kier alpha value is -0.970. The van der Waals surface area contributed by atoms with Gasteiger partial charge in [0.1, 0.15) is 0 Å². The highest BCUT2D eigenvalue weighted by Gasteiger charge is 2.16. The van der Waals surface area contributed by atoms with E-state index in [1.807, 2.05) is 6.07 Å². The van der Waals surface area contributed by atoms with Gasteiger partial charge < -0.3 is 15.0 Å². The van der Waals surface area contributed by atoms with Crippen molar-refractivity contribution in [1.82, 2.24) is 10.2 Å². The van der Waals surface area contributed by atoms with Gasteiger partial charge in [-0.3, -0.25) is 0 Å². The fourth-order valence-electron chi connectivity index (χ4n) is 2.49. The van der Waals surface area contributed by atoms with E-state index in [-0.39, 0.29) is 6.03 Å². The summed E-state index contributed by atoms with van der Waals surface area (Å²) in [6.07, 6.45) is 4.66. The van der Waals surface area contributed by atoms with Gasteiger partial charge in [-0.1, -0.05) is 29.3 Å². The maximum atomic E-state index is 12.0. The maximum Gasteiger partial charge on any atom is 0.317 e. The Labute approximate surface area is 141 Å². The van der Waals surface area contributed by atoms with Crippen molar-refractivity contribution in [2.24, 2.45) is 0 Å². The van der Waals surface area contributed by atoms with Gasteiger partial charge in [0.15, 0.2) is 0 Å². The third-order valence-electron chi connectivity index (χ3n) is 3.82. The fraction of sp³-hybridized carbons (Fsp3) is 0.562. The Morgan fingerprint density at radius 2 is 2.23 bits per heavy atom. The van der Waals surface area contributed by atoms with Crippen LogP contribution in [-0.2, 0) is 11.3 Å². The van der Waals surface area contributed by atoms with Crippen molar-refractivity contribution in [3.63, 3.8) is 0 Å². The number of benzene rings is 1. The van der Waals surface area contributed by atoms with Crippen LogP contribution in [-0.4, -0.2) is 37.2 Å². The van der Waals surface area contributed by atoms with Gasteiger partial charge in [0.2, 0.25) is 0 Å². The highest BCUT2D eigenvalue weighted by Crippen LogP contribution is 2.22. The minimum Gasteiger partial charge on any atom is -0.378 e. The van der Waals surface area contributed by atoms with Crippen molar-refractivity contribution < 1.29 is 9.53 Å². The molecule has 1 aromatic carbocycles. The lowest BCUT2D eigenvalue weighted by atomic mass is 10.1. The molecule has 1 heterocycles. The Balaban J connectivity index is 1.67. The lowest BCUT2D eigenvalue weighted by Gasteiger charge is -2.19. The first-order chi connectivity index (χ1) is 10.6. The summed E-state index contributed by atoms with van der Waals surface area (Å²) >= 11 is 11.8. The minimum absolute atomic E-state index is 0.0848. The normalized spacial score (nSPS) is 17.5. The van der Waals surface area contributed by atoms with Gasteiger partial charge in [-0.15, -0.1) is 0 Å². The van der Waals surface area contributed by atoms with E-state index in [9.17, 15) is 4.79 Å². The molecule has 1 unspecified atom stereocenters. The Kier molecular flexibility index (Phi) is 6.80. The molecule has 0 radical (unpaired) electrons. The van der Waals surface area contributed by atoms with Crippen LogP contribution in [0.1, 0.15) is 31.2 Å². The fourth-order valence-corrected chi connectivity index (χ4v) is 2.81. The van der Waals surface area contributed by atoms with Crippen LogP contribution < -0.4 is 5.32 Å². The van der Waals surface area contributed by atoms with Gasteiger partial charge >= 0.3 is 6.03 Å². The van der Waals surface area contributed by atoms with E-state index >= 15 is 0 Å². The molecule has 1 aromatic rings. The second-order valence-corrected chi connectivity index (χ2v) is 6.42. The first-order valence-corrected chi connectivity index (χ1v) is 8.36. The second kappa shape index (κ2) is 8.61. The van der Waals surface area contributed by atoms with Gasteiger partial charge in [0.05, 0.1) is 16.1 Å². The average Bonchev–Trinajstić information content (AvgIpc) is 3.01. The van der Waals surface area contributed by atoms with Crippen LogP contribution >= 0.6 is 23.2 Å². The summed E-state index contributed by atoms with van der Waals surface area (Å²) in [5.74, 6) is 0. The SMILES string of the molecule is CN(CCCC1CCCO1)C(=O)NCc1ccc(Cl)c(Cl)c1. The molecule has 1 fully saturated rings. The monoisotopic (exact) mass is 344 g/mol. The molecule has 1 N–H and O–H groups in total. The Morgan fingerprint density at radius 3 is 2.91 bits per heavy atom. The molecule has 2 rings (SSSR count). The predicted octanol–water partition coefficient (Wildman–Crippen LogP) is 4.09. The van der Waals surface area contributed by atoms with E-state index in [0.29, 0.717) is 22.7 Å². The van der Waals surface area contributed by atoms with Crippen molar-refractivity contribution in [1.29, 1.82) is 0 Å². The van der Waals surface area contributed by atoms with E-state index in [2.05, 4.69) is 5.32 Å². The summed E-state index contributed by atoms with van der Waals surface area (Å²) in [5, 5.41) is 3.89. The van der Waals surface area contributed by atoms with Crippen LogP contribution in [0.5, 0.6) is 0 Å². The van der Waals surface area contributed by atoms with Gasteiger partial charge in [-0.2, -0.15) is 0 Å². The van der Waals surface area contributed by atoms with Gasteiger partial charge in [0.25, 0.3) is 0 Å². The maximum absolute atomic E-state index is 12.0. The minimum atomic E-state index is -0.0848. The van der Waals surface area contributed by atoms with Crippen molar-refractivity contribution in [2.75, 3.05) is 20.2 Å². The molecule has 0 aliphatic carbocycles. The van der Waals surface area contributed by atoms with Crippen molar-refractivity contribution in [2.45, 2.75) is 38.3 Å². The van der Waals surface area contributed by atoms with Crippen LogP contribution in [0.2, 0.25) is 10.0 Å². The molecule has 4 nitrogen and oxygen atoms in total. The first-order valence-electron chi connectivity index (χ1n) is 7.61. The molecule has 1 aliphatic rings. The van der Waals surface area contributed by atoms with E-state index in [0.717, 1.165) is 44.4 Å². The second-order valence-electron chi connectivity index (χ2n) is 5.61. The topological polar surface area (TPSA) is 41.6 Å². The first kappa shape index (κ1) is 17.4. The van der Waals surface area contributed by atoms with Crippen LogP contribution in [0.15, 0.2) is 18.2 Å². The zero-order chi connectivity index (χ0) is 15.9. The summed E-state index contributed by atoms with van der Waals surface area (Å²) in [4.78, 5) is 13.7. The highest BCUT2D eigenvalue weighted by atomic mass is 35.5. The molecule has 0 spiro atoms. The van der Waals surface area contributed by atoms with Crippen molar-refractivity contribution in [3.8, 4) is 0 Å². The number of halogens is 2. The third-order valence-corrected chi connectivity index (χ3v) is 4.56. The number of carbonyl (C=O) groups is 1. The van der Waals surface area contributed by atoms with Crippen molar-refractivity contribution >= 4 is 29.2 Å². The molecule has 1 aliphatic heterocycles. The molecular formula is C16H22Cl2N2O2. The van der Waals surface area contributed by atoms with E-state index < -0.39 is 0 Å². The van der Waals surface area contributed by atoms with Crippen molar-refractivity contribution in [3.05, 3.63) is 33.8 Å². The number of amides is 2. The standard InChI is InChI=1S/C16H22Cl2N2O2/c1-20(8-2-4-13-5-3-9-22-13)16(21)19-11-12-6-7-14(17)15(18)10-12/h6-7,10,13H,2-5,8-9,11H2,1H3,(H,19,21). The molecule has 2 amide bonds. The molecule has 0 aromatic heterocycles. The molecule has 0 saturated carbocycles. The summed E-state index contributed by atoms with van der Waals surface area (Å²) in [6.45, 7) is 2.05. The zero-order valence-corrected chi connectivity index (χ0v) is 14.3. The lowest BCUT2D eigenvalue weighted by Crippen LogP contribution is -2.37. The number of nitrogens with one attached hydrogen (secondary N) is 1. The average molecular weight is 345 g/mol. The van der Waals surface area contributed by atoms with E-state index in [1.165, 1.54) is 0 Å². The largest absolute Gasteiger partial charge is 0.378 e. The van der Waals surface area contributed by atoms with Gasteiger partial charge in [0, 0.05) is 26.7 Å². The molecule has 1 saturated heterocycles. The number of rotatable bonds is 6. The number of nitrogens with zero attached hydrogens (tertiary/aromatic N) is 1. The van der Waals surface area contributed by atoms with Crippen LogP contribution in [0.3, 0.4) is 0 Å². The van der Waals surface area contributed by atoms with Gasteiger partial charge in [-0.05, 0) is 43.4 Å². The Bertz CT molecular complexity index is 505. The number of hydrogen-bond donors (Lipinski definition) is 1. The number of carbonyl (C=O) groups excluding carboxylic acids is 1. The molecule has 1 atom stereocenters. The van der Waals surface area contributed by atoms with Crippen LogP contribution in [0.4, 0.5) is 4.79 Å². The molecule has 0 bridgehead atoms. The van der Waals surface area contributed by atoms with Crippen LogP contribution in [0, 0.1) is 0 Å². The van der Waals surface area contributed by atoms with E-state index in [1.54, 1.807) is 24.1 Å². The predicted molar refractivity (Wildman–Crippen MR) is 89.5 cm³/mol. The molecule has 22 heavy (non-hydrogen) atoms. The molecule has 122 valence electrons. The smallest absolute Gasteiger partial charge is 0.317 e. The van der Waals surface area contributed by atoms with Crippen LogP contribution in [0.25, 0.3) is 0 Å². The Morgan fingerprint density at radius 1 is 1.41 bits per heavy atom. The summed E-state index contributed by atoms with van der Waals surface area (Å²) < 4.78 is 5.58. The van der Waals surface area contributed by atoms with Gasteiger partial charge in [-0.25, -0.2) is 4.79 Å². The summed E-state index contributed by atoms with van der Waals surface area (Å²) in [5.41, 5.74) is 0.926. The number of hydrogen-bond acceptors (Lipinski definition) is 2. The molecule has 6 heteroatoms.